The second kappa shape index (κ2) is 9.84. The molecule has 6 nitrogen and oxygen atoms in total. The molecule has 218 valence electrons. The van der Waals surface area contributed by atoms with Crippen molar-refractivity contribution in [1.82, 2.24) is 9.97 Å². The minimum Gasteiger partial charge on any atom is -0.453 e. The lowest BCUT2D eigenvalue weighted by molar-refractivity contribution is 0.474. The van der Waals surface area contributed by atoms with Gasteiger partial charge in [-0.3, -0.25) is 0 Å². The predicted molar refractivity (Wildman–Crippen MR) is 184 cm³/mol. The van der Waals surface area contributed by atoms with Gasteiger partial charge in [-0.1, -0.05) is 82.3 Å². The third kappa shape index (κ3) is 3.97. The van der Waals surface area contributed by atoms with E-state index in [4.69, 9.17) is 23.5 Å². The normalized spacial score (nSPS) is 12.9. The van der Waals surface area contributed by atoms with Crippen molar-refractivity contribution in [3.63, 3.8) is 0 Å². The molecule has 0 radical (unpaired) electrons. The molecule has 46 heavy (non-hydrogen) atoms. The molecule has 0 aliphatic carbocycles. The van der Waals surface area contributed by atoms with Gasteiger partial charge in [-0.05, 0) is 77.9 Å². The van der Waals surface area contributed by atoms with Crippen LogP contribution in [0.5, 0.6) is 11.5 Å². The minimum absolute atomic E-state index is 0.553. The van der Waals surface area contributed by atoms with Crippen LogP contribution in [0.4, 0.5) is 17.1 Å². The van der Waals surface area contributed by atoms with Crippen LogP contribution in [0.15, 0.2) is 144 Å². The average molecular weight is 679 g/mol. The van der Waals surface area contributed by atoms with E-state index in [0.717, 1.165) is 87.3 Å². The zero-order valence-corrected chi connectivity index (χ0v) is 26.3. The Hall–Kier alpha value is -5.31. The van der Waals surface area contributed by atoms with Gasteiger partial charge in [0.05, 0.1) is 11.4 Å². The Bertz CT molecular complexity index is 2440. The van der Waals surface area contributed by atoms with E-state index in [1.807, 2.05) is 72.8 Å². The molecule has 6 aromatic carbocycles. The molecule has 2 aliphatic rings. The number of oxazole rings is 2. The fourth-order valence-corrected chi connectivity index (χ4v) is 8.02. The number of anilines is 3. The Morgan fingerprint density at radius 3 is 2.07 bits per heavy atom. The SMILES string of the molecule is Brc1cc2c3c(c1)Sc1cc(-c4nc5ccccc5o4)c(-c4ccccc4)cc1N3c1ccc(-c3nc4ccccc4o3)cc1O2. The fraction of sp³-hybridized carbons (Fsp3) is 0. The van der Waals surface area contributed by atoms with Gasteiger partial charge in [-0.2, -0.15) is 0 Å². The first-order valence-corrected chi connectivity index (χ1v) is 16.4. The molecule has 0 atom stereocenters. The van der Waals surface area contributed by atoms with Crippen molar-refractivity contribution >= 4 is 67.0 Å². The first-order chi connectivity index (χ1) is 22.7. The van der Waals surface area contributed by atoms with E-state index in [0.29, 0.717) is 11.8 Å². The monoisotopic (exact) mass is 677 g/mol. The quantitative estimate of drug-likeness (QED) is 0.184. The number of nitrogens with zero attached hydrogens (tertiary/aromatic N) is 3. The largest absolute Gasteiger partial charge is 0.453 e. The second-order valence-corrected chi connectivity index (χ2v) is 13.2. The van der Waals surface area contributed by atoms with E-state index < -0.39 is 0 Å². The highest BCUT2D eigenvalue weighted by molar-refractivity contribution is 9.10. The second-order valence-electron chi connectivity index (χ2n) is 11.2. The molecule has 0 unspecified atom stereocenters. The van der Waals surface area contributed by atoms with Crippen LogP contribution in [0.1, 0.15) is 0 Å². The summed E-state index contributed by atoms with van der Waals surface area (Å²) in [6, 6.07) is 40.8. The summed E-state index contributed by atoms with van der Waals surface area (Å²) in [7, 11) is 0. The number of hydrogen-bond donors (Lipinski definition) is 0. The average Bonchev–Trinajstić information content (AvgIpc) is 3.72. The number of rotatable bonds is 3. The van der Waals surface area contributed by atoms with E-state index in [1.54, 1.807) is 11.8 Å². The van der Waals surface area contributed by atoms with Crippen LogP contribution >= 0.6 is 27.7 Å². The van der Waals surface area contributed by atoms with Crippen molar-refractivity contribution in [2.24, 2.45) is 0 Å². The summed E-state index contributed by atoms with van der Waals surface area (Å²) in [5.41, 5.74) is 10.1. The molecule has 0 amide bonds. The van der Waals surface area contributed by atoms with Crippen molar-refractivity contribution in [1.29, 1.82) is 0 Å². The number of ether oxygens (including phenoxy) is 1. The molecular formula is C38H20BrN3O3S. The third-order valence-electron chi connectivity index (χ3n) is 8.36. The van der Waals surface area contributed by atoms with Gasteiger partial charge in [-0.15, -0.1) is 0 Å². The third-order valence-corrected chi connectivity index (χ3v) is 9.89. The summed E-state index contributed by atoms with van der Waals surface area (Å²) >= 11 is 5.44. The predicted octanol–water partition coefficient (Wildman–Crippen LogP) is 11.8. The Labute approximate surface area is 275 Å². The van der Waals surface area contributed by atoms with Gasteiger partial charge in [0.1, 0.15) is 16.7 Å². The summed E-state index contributed by atoms with van der Waals surface area (Å²) in [5.74, 6) is 2.64. The van der Waals surface area contributed by atoms with Gasteiger partial charge in [-0.25, -0.2) is 9.97 Å². The highest BCUT2D eigenvalue weighted by Gasteiger charge is 2.35. The van der Waals surface area contributed by atoms with Gasteiger partial charge < -0.3 is 18.5 Å². The van der Waals surface area contributed by atoms with Crippen LogP contribution in [-0.2, 0) is 0 Å². The lowest BCUT2D eigenvalue weighted by atomic mass is 9.97. The van der Waals surface area contributed by atoms with E-state index in [-0.39, 0.29) is 0 Å². The maximum atomic E-state index is 6.62. The molecule has 10 rings (SSSR count). The maximum absolute atomic E-state index is 6.62. The summed E-state index contributed by atoms with van der Waals surface area (Å²) in [6.07, 6.45) is 0. The van der Waals surface area contributed by atoms with Gasteiger partial charge in [0.2, 0.25) is 11.8 Å². The topological polar surface area (TPSA) is 64.5 Å². The summed E-state index contributed by atoms with van der Waals surface area (Å²) in [6.45, 7) is 0. The molecule has 0 spiro atoms. The minimum atomic E-state index is 0.553. The van der Waals surface area contributed by atoms with Crippen molar-refractivity contribution in [3.8, 4) is 45.5 Å². The number of hydrogen-bond acceptors (Lipinski definition) is 7. The highest BCUT2D eigenvalue weighted by Crippen LogP contribution is 2.62. The van der Waals surface area contributed by atoms with Crippen LogP contribution in [0, 0.1) is 0 Å². The van der Waals surface area contributed by atoms with Crippen molar-refractivity contribution < 1.29 is 13.6 Å². The molecule has 0 fully saturated rings. The standard InChI is InChI=1S/C38H20BrN3O3S/c39-23-17-33-36-35(18-23)46-34-20-25(38-41-27-11-5-7-13-31(27)45-38)24(21-8-2-1-3-9-21)19-29(34)42(36)28-15-14-22(16-32(28)43-33)37-40-26-10-4-6-12-30(26)44-37/h1-20H. The van der Waals surface area contributed by atoms with E-state index in [2.05, 4.69) is 69.4 Å². The van der Waals surface area contributed by atoms with Gasteiger partial charge >= 0.3 is 0 Å². The Morgan fingerprint density at radius 2 is 1.28 bits per heavy atom. The molecular weight excluding hydrogens is 658 g/mol. The first-order valence-electron chi connectivity index (χ1n) is 14.8. The van der Waals surface area contributed by atoms with Crippen LogP contribution in [-0.4, -0.2) is 9.97 Å². The van der Waals surface area contributed by atoms with Gasteiger partial charge in [0.15, 0.2) is 22.7 Å². The smallest absolute Gasteiger partial charge is 0.227 e. The van der Waals surface area contributed by atoms with Crippen LogP contribution in [0.3, 0.4) is 0 Å². The van der Waals surface area contributed by atoms with Gasteiger partial charge in [0, 0.05) is 25.4 Å². The summed E-state index contributed by atoms with van der Waals surface area (Å²) in [4.78, 5) is 14.1. The van der Waals surface area contributed by atoms with Crippen molar-refractivity contribution in [2.75, 3.05) is 4.90 Å². The van der Waals surface area contributed by atoms with E-state index >= 15 is 0 Å². The lowest BCUT2D eigenvalue weighted by Gasteiger charge is -2.38. The number of halogens is 1. The Balaban J connectivity index is 1.19. The molecule has 0 saturated heterocycles. The van der Waals surface area contributed by atoms with Gasteiger partial charge in [0.25, 0.3) is 0 Å². The number of para-hydroxylation sites is 4. The summed E-state index contributed by atoms with van der Waals surface area (Å²) < 4.78 is 20.0. The fourth-order valence-electron chi connectivity index (χ4n) is 6.29. The van der Waals surface area contributed by atoms with Crippen LogP contribution < -0.4 is 9.64 Å². The zero-order chi connectivity index (χ0) is 30.4. The lowest BCUT2D eigenvalue weighted by Crippen LogP contribution is -2.20. The van der Waals surface area contributed by atoms with Crippen LogP contribution in [0.25, 0.3) is 56.2 Å². The number of benzene rings is 6. The first kappa shape index (κ1) is 26.0. The zero-order valence-electron chi connectivity index (χ0n) is 23.9. The van der Waals surface area contributed by atoms with E-state index in [1.165, 1.54) is 0 Å². The molecule has 2 aliphatic heterocycles. The molecule has 4 heterocycles. The number of fused-ring (bicyclic) bond motifs is 6. The highest BCUT2D eigenvalue weighted by atomic mass is 79.9. The molecule has 2 aromatic heterocycles. The van der Waals surface area contributed by atoms with Crippen molar-refractivity contribution in [3.05, 3.63) is 126 Å². The molecule has 0 N–H and O–H groups in total. The molecule has 0 saturated carbocycles. The number of aromatic nitrogens is 2. The summed E-state index contributed by atoms with van der Waals surface area (Å²) in [5, 5.41) is 0. The van der Waals surface area contributed by atoms with Crippen molar-refractivity contribution in [2.45, 2.75) is 9.79 Å². The molecule has 0 bridgehead atoms. The Kier molecular flexibility index (Phi) is 5.56. The molecule has 8 heteroatoms. The maximum Gasteiger partial charge on any atom is 0.227 e. The Morgan fingerprint density at radius 1 is 0.565 bits per heavy atom. The van der Waals surface area contributed by atoms with Crippen LogP contribution in [0.2, 0.25) is 0 Å². The van der Waals surface area contributed by atoms with E-state index in [9.17, 15) is 0 Å². The molecule has 8 aromatic rings.